The van der Waals surface area contributed by atoms with Gasteiger partial charge in [0.2, 0.25) is 0 Å². The highest BCUT2D eigenvalue weighted by Gasteiger charge is 2.19. The molecule has 0 spiro atoms. The van der Waals surface area contributed by atoms with E-state index >= 15 is 0 Å². The summed E-state index contributed by atoms with van der Waals surface area (Å²) in [7, 11) is 0. The van der Waals surface area contributed by atoms with Crippen LogP contribution in [0.2, 0.25) is 0 Å². The Morgan fingerprint density at radius 3 is 2.70 bits per heavy atom. The van der Waals surface area contributed by atoms with Crippen LogP contribution >= 0.6 is 0 Å². The van der Waals surface area contributed by atoms with E-state index in [-0.39, 0.29) is 11.4 Å². The Morgan fingerprint density at radius 1 is 1.11 bits per heavy atom. The van der Waals surface area contributed by atoms with Crippen molar-refractivity contribution in [1.29, 1.82) is 5.26 Å². The maximum absolute atomic E-state index is 12.9. The number of nitro groups is 1. The molecule has 4 aromatic rings. The van der Waals surface area contributed by atoms with Gasteiger partial charge >= 0.3 is 0 Å². The normalized spacial score (nSPS) is 10.6. The Hall–Kier alpha value is -4.18. The average molecular weight is 357 g/mol. The average Bonchev–Trinajstić information content (AvgIpc) is 3.33. The van der Waals surface area contributed by atoms with E-state index in [1.807, 2.05) is 0 Å². The smallest absolute Gasteiger partial charge is 0.298 e. The van der Waals surface area contributed by atoms with Crippen molar-refractivity contribution in [1.82, 2.24) is 4.57 Å². The lowest BCUT2D eigenvalue weighted by atomic mass is 10.1. The van der Waals surface area contributed by atoms with Gasteiger partial charge in [-0.25, -0.2) is 0 Å². The first-order valence-electron chi connectivity index (χ1n) is 7.98. The van der Waals surface area contributed by atoms with Gasteiger partial charge in [-0.2, -0.15) is 5.26 Å². The third kappa shape index (κ3) is 2.75. The van der Waals surface area contributed by atoms with Crippen LogP contribution in [-0.2, 0) is 0 Å². The third-order valence-corrected chi connectivity index (χ3v) is 4.21. The van der Waals surface area contributed by atoms with Crippen molar-refractivity contribution in [3.8, 4) is 17.4 Å². The number of nitrogens with zero attached hydrogens (tertiary/aromatic N) is 3. The summed E-state index contributed by atoms with van der Waals surface area (Å²) in [6.07, 6.45) is 1.47. The first-order chi connectivity index (χ1) is 13.1. The summed E-state index contributed by atoms with van der Waals surface area (Å²) in [5, 5.41) is 20.9. The zero-order chi connectivity index (χ0) is 19.0. The molecular formula is C20H11N3O4. The number of fused-ring (bicyclic) bond motifs is 1. The van der Waals surface area contributed by atoms with Crippen molar-refractivity contribution in [3.05, 3.63) is 88.3 Å². The summed E-state index contributed by atoms with van der Waals surface area (Å²) >= 11 is 0. The molecule has 27 heavy (non-hydrogen) atoms. The molecule has 0 amide bonds. The van der Waals surface area contributed by atoms with Gasteiger partial charge in [-0.3, -0.25) is 19.5 Å². The second kappa shape index (κ2) is 6.28. The van der Waals surface area contributed by atoms with E-state index in [1.165, 1.54) is 29.0 Å². The number of non-ortho nitro benzene ring substituents is 1. The fourth-order valence-electron chi connectivity index (χ4n) is 2.94. The van der Waals surface area contributed by atoms with E-state index in [4.69, 9.17) is 4.42 Å². The van der Waals surface area contributed by atoms with Gasteiger partial charge in [0.25, 0.3) is 11.6 Å². The first kappa shape index (κ1) is 16.3. The van der Waals surface area contributed by atoms with Gasteiger partial charge in [0.05, 0.1) is 16.0 Å². The number of hydrogen-bond acceptors (Lipinski definition) is 5. The van der Waals surface area contributed by atoms with Crippen LogP contribution in [0.5, 0.6) is 0 Å². The molecule has 0 unspecified atom stereocenters. The molecule has 2 aromatic heterocycles. The Bertz CT molecular complexity index is 1240. The number of rotatable bonds is 3. The zero-order valence-electron chi connectivity index (χ0n) is 13.8. The van der Waals surface area contributed by atoms with E-state index in [2.05, 4.69) is 6.07 Å². The predicted molar refractivity (Wildman–Crippen MR) is 97.2 cm³/mol. The summed E-state index contributed by atoms with van der Waals surface area (Å²) in [6, 6.07) is 18.3. The van der Waals surface area contributed by atoms with Crippen molar-refractivity contribution in [3.63, 3.8) is 0 Å². The van der Waals surface area contributed by atoms with Gasteiger partial charge in [0.15, 0.2) is 5.76 Å². The fraction of sp³-hybridized carbons (Fsp3) is 0. The van der Waals surface area contributed by atoms with Crippen molar-refractivity contribution >= 4 is 22.5 Å². The minimum atomic E-state index is -0.492. The van der Waals surface area contributed by atoms with E-state index in [0.29, 0.717) is 27.8 Å². The predicted octanol–water partition coefficient (Wildman–Crippen LogP) is 4.37. The third-order valence-electron chi connectivity index (χ3n) is 4.21. The summed E-state index contributed by atoms with van der Waals surface area (Å²) in [4.78, 5) is 23.3. The van der Waals surface area contributed by atoms with Gasteiger partial charge in [0.1, 0.15) is 11.8 Å². The molecule has 7 nitrogen and oxygen atoms in total. The molecule has 0 aliphatic carbocycles. The van der Waals surface area contributed by atoms with Gasteiger partial charge in [-0.05, 0) is 18.2 Å². The number of carbonyl (C=O) groups excluding carboxylic acids is 1. The quantitative estimate of drug-likeness (QED) is 0.400. The van der Waals surface area contributed by atoms with Gasteiger partial charge in [-0.1, -0.05) is 30.3 Å². The number of hydrogen-bond donors (Lipinski definition) is 0. The number of furan rings is 1. The van der Waals surface area contributed by atoms with Crippen LogP contribution in [0.25, 0.3) is 22.2 Å². The number of aromatic nitrogens is 1. The minimum Gasteiger partial charge on any atom is -0.451 e. The monoisotopic (exact) mass is 357 g/mol. The van der Waals surface area contributed by atoms with Crippen LogP contribution < -0.4 is 0 Å². The number of nitro benzene ring substituents is 1. The molecule has 0 radical (unpaired) electrons. The lowest BCUT2D eigenvalue weighted by molar-refractivity contribution is -0.384. The molecule has 130 valence electrons. The molecule has 0 N–H and O–H groups in total. The molecule has 7 heteroatoms. The van der Waals surface area contributed by atoms with E-state index in [1.54, 1.807) is 42.5 Å². The molecule has 0 saturated heterocycles. The van der Waals surface area contributed by atoms with E-state index in [0.717, 1.165) is 0 Å². The summed E-state index contributed by atoms with van der Waals surface area (Å²) < 4.78 is 7.00. The summed E-state index contributed by atoms with van der Waals surface area (Å²) in [5.41, 5.74) is 1.43. The Balaban J connectivity index is 1.74. The maximum Gasteiger partial charge on any atom is 0.298 e. The van der Waals surface area contributed by atoms with Crippen LogP contribution in [0.15, 0.2) is 71.3 Å². The number of carbonyl (C=O) groups is 1. The molecule has 0 atom stereocenters. The SMILES string of the molecule is N#Cc1cn(C(=O)c2ccc(-c3cccc([N+](=O)[O-])c3)o2)c2ccccc12. The highest BCUT2D eigenvalue weighted by molar-refractivity contribution is 6.02. The van der Waals surface area contributed by atoms with E-state index < -0.39 is 10.8 Å². The van der Waals surface area contributed by atoms with Crippen molar-refractivity contribution in [2.24, 2.45) is 0 Å². The molecule has 2 heterocycles. The van der Waals surface area contributed by atoms with Crippen molar-refractivity contribution in [2.75, 3.05) is 0 Å². The molecule has 2 aromatic carbocycles. The van der Waals surface area contributed by atoms with Crippen LogP contribution in [0.3, 0.4) is 0 Å². The summed E-state index contributed by atoms with van der Waals surface area (Å²) in [6.45, 7) is 0. The van der Waals surface area contributed by atoms with Crippen LogP contribution in [-0.4, -0.2) is 15.4 Å². The Labute approximate surface area is 152 Å². The number of benzene rings is 2. The van der Waals surface area contributed by atoms with Crippen LogP contribution in [0.1, 0.15) is 16.1 Å². The van der Waals surface area contributed by atoms with Gasteiger partial charge in [-0.15, -0.1) is 0 Å². The zero-order valence-corrected chi connectivity index (χ0v) is 13.8. The molecule has 0 aliphatic heterocycles. The summed E-state index contributed by atoms with van der Waals surface area (Å²) in [5.74, 6) is -0.00912. The lowest BCUT2D eigenvalue weighted by Crippen LogP contribution is -2.09. The highest BCUT2D eigenvalue weighted by atomic mass is 16.6. The largest absolute Gasteiger partial charge is 0.451 e. The van der Waals surface area contributed by atoms with Gasteiger partial charge < -0.3 is 4.42 Å². The topological polar surface area (TPSA) is 102 Å². The molecular weight excluding hydrogens is 346 g/mol. The maximum atomic E-state index is 12.9. The van der Waals surface area contributed by atoms with Gasteiger partial charge in [0, 0.05) is 29.3 Å². The standard InChI is InChI=1S/C20H11N3O4/c21-11-14-12-22(17-7-2-1-6-16(14)17)20(24)19-9-8-18(27-19)13-4-3-5-15(10-13)23(25)26/h1-10,12H. The second-order valence-corrected chi connectivity index (χ2v) is 5.82. The highest BCUT2D eigenvalue weighted by Crippen LogP contribution is 2.27. The molecule has 0 aliphatic rings. The lowest BCUT2D eigenvalue weighted by Gasteiger charge is -2.01. The fourth-order valence-corrected chi connectivity index (χ4v) is 2.94. The first-order valence-corrected chi connectivity index (χ1v) is 7.98. The number of para-hydroxylation sites is 1. The van der Waals surface area contributed by atoms with Crippen LogP contribution in [0, 0.1) is 21.4 Å². The minimum absolute atomic E-state index is 0.0631. The molecule has 0 fully saturated rings. The van der Waals surface area contributed by atoms with Crippen molar-refractivity contribution < 1.29 is 14.1 Å². The Morgan fingerprint density at radius 2 is 1.93 bits per heavy atom. The number of nitriles is 1. The molecule has 4 rings (SSSR count). The molecule has 0 saturated carbocycles. The van der Waals surface area contributed by atoms with Crippen molar-refractivity contribution in [2.45, 2.75) is 0 Å². The molecule has 0 bridgehead atoms. The van der Waals surface area contributed by atoms with E-state index in [9.17, 15) is 20.2 Å². The Kier molecular flexibility index (Phi) is 3.79. The second-order valence-electron chi connectivity index (χ2n) is 5.82. The van der Waals surface area contributed by atoms with Crippen LogP contribution in [0.4, 0.5) is 5.69 Å².